The lowest BCUT2D eigenvalue weighted by Gasteiger charge is -2.18. The third kappa shape index (κ3) is 5.20. The maximum atomic E-state index is 13.2. The van der Waals surface area contributed by atoms with E-state index >= 15 is 0 Å². The van der Waals surface area contributed by atoms with E-state index in [1.165, 1.54) is 0 Å². The molecule has 0 saturated heterocycles. The van der Waals surface area contributed by atoms with Gasteiger partial charge in [0, 0.05) is 29.4 Å². The SMILES string of the molecule is CCOC(=O)c1ccc2c(c1)NC(=O)C2=C(Nc1ccc(CN(C)C)c(OC)c1)c1ccccc1. The Kier molecular flexibility index (Phi) is 7.17. The first-order chi connectivity index (χ1) is 16.9. The fourth-order valence-electron chi connectivity index (χ4n) is 4.08. The molecule has 7 heteroatoms. The van der Waals surface area contributed by atoms with Crippen LogP contribution in [0.1, 0.15) is 34.0 Å². The lowest BCUT2D eigenvalue weighted by atomic mass is 9.99. The van der Waals surface area contributed by atoms with Crippen molar-refractivity contribution in [1.29, 1.82) is 0 Å². The largest absolute Gasteiger partial charge is 0.496 e. The summed E-state index contributed by atoms with van der Waals surface area (Å²) in [5.41, 5.74) is 5.55. The highest BCUT2D eigenvalue weighted by Crippen LogP contribution is 2.38. The second kappa shape index (κ2) is 10.4. The van der Waals surface area contributed by atoms with Gasteiger partial charge in [0.15, 0.2) is 0 Å². The lowest BCUT2D eigenvalue weighted by molar-refractivity contribution is -0.110. The molecule has 0 saturated carbocycles. The van der Waals surface area contributed by atoms with Crippen LogP contribution in [0, 0.1) is 0 Å². The van der Waals surface area contributed by atoms with Gasteiger partial charge in [-0.25, -0.2) is 4.79 Å². The summed E-state index contributed by atoms with van der Waals surface area (Å²) in [5, 5.41) is 6.35. The van der Waals surface area contributed by atoms with Gasteiger partial charge in [0.05, 0.1) is 36.2 Å². The fourth-order valence-corrected chi connectivity index (χ4v) is 4.08. The number of nitrogens with one attached hydrogen (secondary N) is 2. The molecular formula is C28H29N3O4. The molecule has 0 aromatic heterocycles. The zero-order chi connectivity index (χ0) is 24.9. The molecule has 3 aromatic carbocycles. The van der Waals surface area contributed by atoms with Gasteiger partial charge in [-0.1, -0.05) is 42.5 Å². The molecule has 0 unspecified atom stereocenters. The topological polar surface area (TPSA) is 79.9 Å². The van der Waals surface area contributed by atoms with Crippen molar-refractivity contribution in [3.05, 3.63) is 89.0 Å². The smallest absolute Gasteiger partial charge is 0.338 e. The molecule has 1 aliphatic rings. The van der Waals surface area contributed by atoms with Crippen molar-refractivity contribution in [1.82, 2.24) is 4.90 Å². The molecule has 7 nitrogen and oxygen atoms in total. The molecular weight excluding hydrogens is 442 g/mol. The molecule has 4 rings (SSSR count). The number of anilines is 2. The summed E-state index contributed by atoms with van der Waals surface area (Å²) in [4.78, 5) is 27.4. The van der Waals surface area contributed by atoms with Gasteiger partial charge in [0.1, 0.15) is 5.75 Å². The average Bonchev–Trinajstić information content (AvgIpc) is 3.18. The first kappa shape index (κ1) is 24.0. The summed E-state index contributed by atoms with van der Waals surface area (Å²) in [7, 11) is 5.66. The van der Waals surface area contributed by atoms with Gasteiger partial charge in [-0.15, -0.1) is 0 Å². The maximum Gasteiger partial charge on any atom is 0.338 e. The fraction of sp³-hybridized carbons (Fsp3) is 0.214. The Bertz CT molecular complexity index is 1280. The number of esters is 1. The molecule has 0 atom stereocenters. The Hall–Kier alpha value is -4.10. The third-order valence-electron chi connectivity index (χ3n) is 5.63. The highest BCUT2D eigenvalue weighted by Gasteiger charge is 2.29. The van der Waals surface area contributed by atoms with Crippen LogP contribution in [0.3, 0.4) is 0 Å². The summed E-state index contributed by atoms with van der Waals surface area (Å²) in [5.74, 6) is 0.0910. The van der Waals surface area contributed by atoms with Crippen LogP contribution in [-0.4, -0.2) is 44.6 Å². The van der Waals surface area contributed by atoms with E-state index in [-0.39, 0.29) is 12.5 Å². The molecule has 0 spiro atoms. The number of hydrogen-bond acceptors (Lipinski definition) is 6. The Morgan fingerprint density at radius 2 is 1.77 bits per heavy atom. The first-order valence-electron chi connectivity index (χ1n) is 11.4. The monoisotopic (exact) mass is 471 g/mol. The highest BCUT2D eigenvalue weighted by atomic mass is 16.5. The second-order valence-corrected chi connectivity index (χ2v) is 8.44. The zero-order valence-electron chi connectivity index (χ0n) is 20.3. The second-order valence-electron chi connectivity index (χ2n) is 8.44. The number of amides is 1. The summed E-state index contributed by atoms with van der Waals surface area (Å²) < 4.78 is 10.7. The van der Waals surface area contributed by atoms with Crippen molar-refractivity contribution in [2.75, 3.05) is 38.4 Å². The van der Waals surface area contributed by atoms with Crippen LogP contribution in [0.2, 0.25) is 0 Å². The molecule has 1 aliphatic heterocycles. The molecule has 0 aliphatic carbocycles. The van der Waals surface area contributed by atoms with Crippen molar-refractivity contribution in [2.45, 2.75) is 13.5 Å². The van der Waals surface area contributed by atoms with E-state index in [1.54, 1.807) is 32.2 Å². The van der Waals surface area contributed by atoms with Crippen LogP contribution in [0.25, 0.3) is 11.3 Å². The van der Waals surface area contributed by atoms with E-state index in [1.807, 2.05) is 62.6 Å². The summed E-state index contributed by atoms with van der Waals surface area (Å²) in [6.07, 6.45) is 0. The van der Waals surface area contributed by atoms with Crippen LogP contribution >= 0.6 is 0 Å². The molecule has 2 N–H and O–H groups in total. The van der Waals surface area contributed by atoms with Crippen LogP contribution in [-0.2, 0) is 16.1 Å². The van der Waals surface area contributed by atoms with E-state index in [0.29, 0.717) is 28.1 Å². The van der Waals surface area contributed by atoms with E-state index in [2.05, 4.69) is 15.5 Å². The van der Waals surface area contributed by atoms with E-state index in [9.17, 15) is 9.59 Å². The number of ether oxygens (including phenoxy) is 2. The number of carbonyl (C=O) groups excluding carboxylic acids is 2. The molecule has 0 bridgehead atoms. The highest BCUT2D eigenvalue weighted by molar-refractivity contribution is 6.37. The van der Waals surface area contributed by atoms with Gasteiger partial charge in [-0.05, 0) is 44.8 Å². The minimum Gasteiger partial charge on any atom is -0.496 e. The number of carbonyl (C=O) groups is 2. The van der Waals surface area contributed by atoms with Gasteiger partial charge in [0.2, 0.25) is 0 Å². The maximum absolute atomic E-state index is 13.2. The van der Waals surface area contributed by atoms with Gasteiger partial charge < -0.3 is 25.0 Å². The Balaban J connectivity index is 1.80. The number of fused-ring (bicyclic) bond motifs is 1. The molecule has 180 valence electrons. The third-order valence-corrected chi connectivity index (χ3v) is 5.63. The molecule has 1 heterocycles. The van der Waals surface area contributed by atoms with Crippen molar-refractivity contribution in [2.24, 2.45) is 0 Å². The lowest BCUT2D eigenvalue weighted by Crippen LogP contribution is -2.12. The normalized spacial score (nSPS) is 13.8. The summed E-state index contributed by atoms with van der Waals surface area (Å²) in [6.45, 7) is 2.79. The minimum absolute atomic E-state index is 0.247. The minimum atomic E-state index is -0.423. The van der Waals surface area contributed by atoms with Crippen LogP contribution < -0.4 is 15.4 Å². The van der Waals surface area contributed by atoms with Crippen LogP contribution in [0.15, 0.2) is 66.7 Å². The van der Waals surface area contributed by atoms with Crippen LogP contribution in [0.4, 0.5) is 11.4 Å². The predicted octanol–water partition coefficient (Wildman–Crippen LogP) is 4.87. The van der Waals surface area contributed by atoms with Crippen LogP contribution in [0.5, 0.6) is 5.75 Å². The number of nitrogens with zero attached hydrogens (tertiary/aromatic N) is 1. The summed E-state index contributed by atoms with van der Waals surface area (Å²) in [6, 6.07) is 20.7. The van der Waals surface area contributed by atoms with Crippen molar-refractivity contribution in [3.8, 4) is 5.75 Å². The Morgan fingerprint density at radius 1 is 1.00 bits per heavy atom. The van der Waals surface area contributed by atoms with Crippen molar-refractivity contribution < 1.29 is 19.1 Å². The first-order valence-corrected chi connectivity index (χ1v) is 11.4. The number of rotatable bonds is 8. The molecule has 35 heavy (non-hydrogen) atoms. The van der Waals surface area contributed by atoms with Gasteiger partial charge >= 0.3 is 5.97 Å². The molecule has 3 aromatic rings. The average molecular weight is 472 g/mol. The van der Waals surface area contributed by atoms with Crippen molar-refractivity contribution in [3.63, 3.8) is 0 Å². The van der Waals surface area contributed by atoms with Crippen molar-refractivity contribution >= 4 is 34.5 Å². The predicted molar refractivity (Wildman–Crippen MR) is 138 cm³/mol. The van der Waals surface area contributed by atoms with E-state index in [0.717, 1.165) is 29.1 Å². The van der Waals surface area contributed by atoms with E-state index < -0.39 is 5.97 Å². The molecule has 0 radical (unpaired) electrons. The van der Waals surface area contributed by atoms with E-state index in [4.69, 9.17) is 9.47 Å². The molecule has 1 amide bonds. The number of methoxy groups -OCH3 is 1. The standard InChI is InChI=1S/C28H29N3O4/c1-5-35-28(33)19-12-14-22-23(15-19)30-27(32)25(22)26(18-9-7-6-8-10-18)29-21-13-11-20(17-31(2)3)24(16-21)34-4/h6-16,29H,5,17H2,1-4H3,(H,30,32). The summed E-state index contributed by atoms with van der Waals surface area (Å²) >= 11 is 0. The number of hydrogen-bond donors (Lipinski definition) is 2. The zero-order valence-corrected chi connectivity index (χ0v) is 20.3. The van der Waals surface area contributed by atoms with Gasteiger partial charge in [-0.3, -0.25) is 4.79 Å². The number of benzene rings is 3. The Labute approximate surface area is 205 Å². The van der Waals surface area contributed by atoms with Gasteiger partial charge in [0.25, 0.3) is 5.91 Å². The van der Waals surface area contributed by atoms with Gasteiger partial charge in [-0.2, -0.15) is 0 Å². The molecule has 0 fully saturated rings. The Morgan fingerprint density at radius 3 is 2.46 bits per heavy atom. The quantitative estimate of drug-likeness (QED) is 0.361.